The molecular weight excluding hydrogens is 282 g/mol. The second-order valence-corrected chi connectivity index (χ2v) is 5.72. The Morgan fingerprint density at radius 1 is 1.19 bits per heavy atom. The smallest absolute Gasteiger partial charge is 0.141 e. The van der Waals surface area contributed by atoms with Crippen molar-refractivity contribution in [1.29, 1.82) is 0 Å². The lowest BCUT2D eigenvalue weighted by atomic mass is 10.2. The van der Waals surface area contributed by atoms with Crippen LogP contribution in [0.25, 0.3) is 22.4 Å². The number of rotatable bonds is 3. The number of nitrogens with zero attached hydrogens (tertiary/aromatic N) is 2. The summed E-state index contributed by atoms with van der Waals surface area (Å²) in [6, 6.07) is 12.1. The summed E-state index contributed by atoms with van der Waals surface area (Å²) in [7, 11) is 0. The number of aryl methyl sites for hydroxylation is 2. The molecule has 0 bridgehead atoms. The van der Waals surface area contributed by atoms with Crippen LogP contribution in [0, 0.1) is 6.92 Å². The number of imidazole rings is 1. The number of anilines is 1. The van der Waals surface area contributed by atoms with E-state index in [2.05, 4.69) is 36.6 Å². The summed E-state index contributed by atoms with van der Waals surface area (Å²) in [5, 5.41) is 0.568. The SMILES string of the molecule is CCCn1c(-c2ccc(N)c(Cl)c2)nc2cc(C)ccc21. The molecule has 21 heavy (non-hydrogen) atoms. The molecule has 108 valence electrons. The van der Waals surface area contributed by atoms with Crippen LogP contribution in [0.1, 0.15) is 18.9 Å². The van der Waals surface area contributed by atoms with Gasteiger partial charge in [0.25, 0.3) is 0 Å². The minimum atomic E-state index is 0.568. The van der Waals surface area contributed by atoms with E-state index >= 15 is 0 Å². The zero-order valence-electron chi connectivity index (χ0n) is 12.2. The molecule has 0 aliphatic carbocycles. The molecule has 3 nitrogen and oxygen atoms in total. The molecule has 0 aliphatic rings. The molecule has 0 saturated carbocycles. The van der Waals surface area contributed by atoms with Gasteiger partial charge in [-0.1, -0.05) is 24.6 Å². The van der Waals surface area contributed by atoms with Crippen molar-refractivity contribution >= 4 is 28.3 Å². The summed E-state index contributed by atoms with van der Waals surface area (Å²) < 4.78 is 2.25. The molecule has 0 saturated heterocycles. The highest BCUT2D eigenvalue weighted by molar-refractivity contribution is 6.33. The Hall–Kier alpha value is -2.00. The number of halogens is 1. The van der Waals surface area contributed by atoms with Crippen molar-refractivity contribution in [2.75, 3.05) is 5.73 Å². The van der Waals surface area contributed by atoms with E-state index in [1.54, 1.807) is 0 Å². The van der Waals surface area contributed by atoms with Crippen molar-refractivity contribution in [2.45, 2.75) is 26.8 Å². The van der Waals surface area contributed by atoms with E-state index in [9.17, 15) is 0 Å². The number of nitrogens with two attached hydrogens (primary N) is 1. The molecule has 4 heteroatoms. The Labute approximate surface area is 129 Å². The van der Waals surface area contributed by atoms with Gasteiger partial charge in [0.05, 0.1) is 21.7 Å². The lowest BCUT2D eigenvalue weighted by Gasteiger charge is -2.09. The first-order valence-electron chi connectivity index (χ1n) is 7.12. The Kier molecular flexibility index (Phi) is 3.60. The number of nitrogen functional groups attached to an aromatic ring is 1. The van der Waals surface area contributed by atoms with Crippen molar-refractivity contribution < 1.29 is 0 Å². The van der Waals surface area contributed by atoms with Gasteiger partial charge in [0.1, 0.15) is 5.82 Å². The Bertz CT molecular complexity index is 805. The lowest BCUT2D eigenvalue weighted by molar-refractivity contribution is 0.704. The van der Waals surface area contributed by atoms with Crippen LogP contribution in [0.4, 0.5) is 5.69 Å². The van der Waals surface area contributed by atoms with E-state index in [1.165, 1.54) is 5.56 Å². The highest BCUT2D eigenvalue weighted by Crippen LogP contribution is 2.29. The largest absolute Gasteiger partial charge is 0.398 e. The first-order valence-corrected chi connectivity index (χ1v) is 7.50. The summed E-state index contributed by atoms with van der Waals surface area (Å²) >= 11 is 6.16. The third-order valence-electron chi connectivity index (χ3n) is 3.61. The lowest BCUT2D eigenvalue weighted by Crippen LogP contribution is -2.00. The summed E-state index contributed by atoms with van der Waals surface area (Å²) in [5.74, 6) is 0.944. The van der Waals surface area contributed by atoms with Crippen LogP contribution in [-0.4, -0.2) is 9.55 Å². The zero-order chi connectivity index (χ0) is 15.0. The van der Waals surface area contributed by atoms with Crippen LogP contribution in [0.3, 0.4) is 0 Å². The van der Waals surface area contributed by atoms with Gasteiger partial charge >= 0.3 is 0 Å². The maximum atomic E-state index is 6.16. The van der Waals surface area contributed by atoms with E-state index in [-0.39, 0.29) is 0 Å². The number of hydrogen-bond acceptors (Lipinski definition) is 2. The topological polar surface area (TPSA) is 43.8 Å². The second kappa shape index (κ2) is 5.41. The van der Waals surface area contributed by atoms with E-state index in [1.807, 2.05) is 18.2 Å². The van der Waals surface area contributed by atoms with Gasteiger partial charge in [-0.15, -0.1) is 0 Å². The number of aromatic nitrogens is 2. The van der Waals surface area contributed by atoms with Crippen molar-refractivity contribution in [3.63, 3.8) is 0 Å². The molecule has 0 amide bonds. The molecule has 1 heterocycles. The number of benzene rings is 2. The van der Waals surface area contributed by atoms with Crippen molar-refractivity contribution in [1.82, 2.24) is 9.55 Å². The molecule has 3 aromatic rings. The van der Waals surface area contributed by atoms with Crippen LogP contribution < -0.4 is 5.73 Å². The van der Waals surface area contributed by atoms with E-state index in [0.717, 1.165) is 35.4 Å². The highest BCUT2D eigenvalue weighted by Gasteiger charge is 2.13. The number of hydrogen-bond donors (Lipinski definition) is 1. The van der Waals surface area contributed by atoms with Gasteiger partial charge < -0.3 is 10.3 Å². The molecular formula is C17H18ClN3. The van der Waals surface area contributed by atoms with Gasteiger partial charge in [0.2, 0.25) is 0 Å². The average Bonchev–Trinajstić information content (AvgIpc) is 2.80. The van der Waals surface area contributed by atoms with Gasteiger partial charge in [-0.2, -0.15) is 0 Å². The minimum absolute atomic E-state index is 0.568. The summed E-state index contributed by atoms with van der Waals surface area (Å²) in [5.41, 5.74) is 10.8. The molecule has 0 radical (unpaired) electrons. The minimum Gasteiger partial charge on any atom is -0.398 e. The van der Waals surface area contributed by atoms with Crippen LogP contribution >= 0.6 is 11.6 Å². The van der Waals surface area contributed by atoms with E-state index < -0.39 is 0 Å². The van der Waals surface area contributed by atoms with Gasteiger partial charge in [0.15, 0.2) is 0 Å². The van der Waals surface area contributed by atoms with Gasteiger partial charge in [-0.3, -0.25) is 0 Å². The predicted octanol–water partition coefficient (Wildman–Crippen LogP) is 4.66. The average molecular weight is 300 g/mol. The third kappa shape index (κ3) is 2.49. The standard InChI is InChI=1S/C17H18ClN3/c1-3-8-21-16-7-4-11(2)9-15(16)20-17(21)12-5-6-14(19)13(18)10-12/h4-7,9-10H,3,8,19H2,1-2H3. The zero-order valence-corrected chi connectivity index (χ0v) is 13.0. The predicted molar refractivity (Wildman–Crippen MR) is 89.6 cm³/mol. The fourth-order valence-electron chi connectivity index (χ4n) is 2.58. The Balaban J connectivity index is 2.24. The Morgan fingerprint density at radius 3 is 2.71 bits per heavy atom. The normalized spacial score (nSPS) is 11.2. The first kappa shape index (κ1) is 14.0. The first-order chi connectivity index (χ1) is 10.1. The van der Waals surface area contributed by atoms with E-state index in [0.29, 0.717) is 10.7 Å². The molecule has 2 aromatic carbocycles. The summed E-state index contributed by atoms with van der Waals surface area (Å²) in [6.07, 6.45) is 1.05. The fraction of sp³-hybridized carbons (Fsp3) is 0.235. The molecule has 0 atom stereocenters. The molecule has 0 unspecified atom stereocenters. The monoisotopic (exact) mass is 299 g/mol. The van der Waals surface area contributed by atoms with Gasteiger partial charge in [-0.05, 0) is 49.2 Å². The van der Waals surface area contributed by atoms with Gasteiger partial charge in [-0.25, -0.2) is 4.98 Å². The molecule has 0 spiro atoms. The fourth-order valence-corrected chi connectivity index (χ4v) is 2.76. The summed E-state index contributed by atoms with van der Waals surface area (Å²) in [6.45, 7) is 5.18. The van der Waals surface area contributed by atoms with Crippen LogP contribution in [0.5, 0.6) is 0 Å². The molecule has 0 aliphatic heterocycles. The molecule has 2 N–H and O–H groups in total. The number of fused-ring (bicyclic) bond motifs is 1. The third-order valence-corrected chi connectivity index (χ3v) is 3.94. The second-order valence-electron chi connectivity index (χ2n) is 5.32. The van der Waals surface area contributed by atoms with Crippen molar-refractivity contribution in [3.05, 3.63) is 47.0 Å². The van der Waals surface area contributed by atoms with Crippen LogP contribution in [0.15, 0.2) is 36.4 Å². The van der Waals surface area contributed by atoms with Gasteiger partial charge in [0, 0.05) is 12.1 Å². The Morgan fingerprint density at radius 2 is 2.00 bits per heavy atom. The maximum absolute atomic E-state index is 6.16. The van der Waals surface area contributed by atoms with E-state index in [4.69, 9.17) is 22.3 Å². The molecule has 1 aromatic heterocycles. The molecule has 3 rings (SSSR count). The summed E-state index contributed by atoms with van der Waals surface area (Å²) in [4.78, 5) is 4.80. The quantitative estimate of drug-likeness (QED) is 0.715. The van der Waals surface area contributed by atoms with Crippen LogP contribution in [-0.2, 0) is 6.54 Å². The van der Waals surface area contributed by atoms with Crippen molar-refractivity contribution in [3.8, 4) is 11.4 Å². The molecule has 0 fully saturated rings. The highest BCUT2D eigenvalue weighted by atomic mass is 35.5. The van der Waals surface area contributed by atoms with Crippen molar-refractivity contribution in [2.24, 2.45) is 0 Å². The maximum Gasteiger partial charge on any atom is 0.141 e. The van der Waals surface area contributed by atoms with Crippen LogP contribution in [0.2, 0.25) is 5.02 Å².